The number of ether oxygens (including phenoxy) is 1. The highest BCUT2D eigenvalue weighted by Crippen LogP contribution is 2.28. The van der Waals surface area contributed by atoms with Crippen molar-refractivity contribution >= 4 is 42.4 Å². The van der Waals surface area contributed by atoms with Crippen molar-refractivity contribution in [3.63, 3.8) is 0 Å². The van der Waals surface area contributed by atoms with E-state index in [4.69, 9.17) is 4.74 Å². The Kier molecular flexibility index (Phi) is 4.97. The van der Waals surface area contributed by atoms with Crippen molar-refractivity contribution in [2.45, 2.75) is 24.8 Å². The molecular weight excluding hydrogens is 372 g/mol. The van der Waals surface area contributed by atoms with E-state index in [2.05, 4.69) is 10.3 Å². The zero-order valence-corrected chi connectivity index (χ0v) is 16.1. The van der Waals surface area contributed by atoms with Crippen LogP contribution in [-0.4, -0.2) is 31.7 Å². The van der Waals surface area contributed by atoms with E-state index < -0.39 is 15.9 Å². The van der Waals surface area contributed by atoms with Crippen LogP contribution in [0.3, 0.4) is 0 Å². The molecule has 0 aliphatic heterocycles. The van der Waals surface area contributed by atoms with Gasteiger partial charge in [-0.05, 0) is 44.2 Å². The van der Waals surface area contributed by atoms with Gasteiger partial charge >= 0.3 is 0 Å². The number of carbonyl (C=O) groups is 1. The molecule has 0 bridgehead atoms. The predicted octanol–water partition coefficient (Wildman–Crippen LogP) is 3.41. The summed E-state index contributed by atoms with van der Waals surface area (Å²) >= 11 is 1.22. The maximum absolute atomic E-state index is 12.3. The fourth-order valence-corrected chi connectivity index (χ4v) is 3.90. The van der Waals surface area contributed by atoms with Gasteiger partial charge in [0.15, 0.2) is 21.1 Å². The number of nitrogens with zero attached hydrogens (tertiary/aromatic N) is 1. The van der Waals surface area contributed by atoms with Gasteiger partial charge in [-0.2, -0.15) is 0 Å². The highest BCUT2D eigenvalue weighted by Gasteiger charge is 2.17. The molecule has 0 saturated carbocycles. The SMILES string of the molecule is Cc1ccc(O[C@@H](C)C(=O)Nc2nc3ccc(S(C)(=O)=O)cc3s2)cc1. The second-order valence-electron chi connectivity index (χ2n) is 5.98. The fraction of sp³-hybridized carbons (Fsp3) is 0.222. The second kappa shape index (κ2) is 7.05. The lowest BCUT2D eigenvalue weighted by atomic mass is 10.2. The number of amides is 1. The third kappa shape index (κ3) is 4.20. The van der Waals surface area contributed by atoms with Crippen molar-refractivity contribution < 1.29 is 17.9 Å². The predicted molar refractivity (Wildman–Crippen MR) is 103 cm³/mol. The van der Waals surface area contributed by atoms with E-state index >= 15 is 0 Å². The number of rotatable bonds is 5. The normalized spacial score (nSPS) is 12.7. The Morgan fingerprint density at radius 2 is 1.88 bits per heavy atom. The van der Waals surface area contributed by atoms with Crippen LogP contribution in [0.1, 0.15) is 12.5 Å². The molecule has 6 nitrogen and oxygen atoms in total. The molecule has 1 amide bonds. The summed E-state index contributed by atoms with van der Waals surface area (Å²) in [5.74, 6) is 0.285. The van der Waals surface area contributed by atoms with Crippen molar-refractivity contribution in [2.24, 2.45) is 0 Å². The van der Waals surface area contributed by atoms with Crippen LogP contribution in [0, 0.1) is 6.92 Å². The lowest BCUT2D eigenvalue weighted by Gasteiger charge is -2.13. The van der Waals surface area contributed by atoms with Crippen LogP contribution in [0.4, 0.5) is 5.13 Å². The number of hydrogen-bond donors (Lipinski definition) is 1. The van der Waals surface area contributed by atoms with Gasteiger partial charge in [0, 0.05) is 6.26 Å². The molecule has 0 unspecified atom stereocenters. The highest BCUT2D eigenvalue weighted by atomic mass is 32.2. The lowest BCUT2D eigenvalue weighted by molar-refractivity contribution is -0.122. The van der Waals surface area contributed by atoms with E-state index in [1.165, 1.54) is 17.4 Å². The molecule has 0 spiro atoms. The van der Waals surface area contributed by atoms with Gasteiger partial charge in [0.25, 0.3) is 5.91 Å². The third-order valence-corrected chi connectivity index (χ3v) is 5.77. The van der Waals surface area contributed by atoms with Crippen molar-refractivity contribution in [3.05, 3.63) is 48.0 Å². The minimum atomic E-state index is -3.29. The van der Waals surface area contributed by atoms with E-state index in [1.54, 1.807) is 19.1 Å². The van der Waals surface area contributed by atoms with Gasteiger partial charge in [0.05, 0.1) is 15.1 Å². The van der Waals surface area contributed by atoms with Crippen LogP contribution in [0.15, 0.2) is 47.4 Å². The number of nitrogens with one attached hydrogen (secondary N) is 1. The summed E-state index contributed by atoms with van der Waals surface area (Å²) in [7, 11) is -3.29. The number of fused-ring (bicyclic) bond motifs is 1. The second-order valence-corrected chi connectivity index (χ2v) is 9.03. The number of thiazole rings is 1. The standard InChI is InChI=1S/C18H18N2O4S2/c1-11-4-6-13(7-5-11)24-12(2)17(21)20-18-19-15-9-8-14(26(3,22)23)10-16(15)25-18/h4-10,12H,1-3H3,(H,19,20,21)/t12-/m0/s1. The van der Waals surface area contributed by atoms with E-state index in [-0.39, 0.29) is 10.8 Å². The first-order chi connectivity index (χ1) is 12.2. The number of hydrogen-bond acceptors (Lipinski definition) is 6. The maximum atomic E-state index is 12.3. The Hall–Kier alpha value is -2.45. The number of aromatic nitrogens is 1. The molecule has 0 radical (unpaired) electrons. The van der Waals surface area contributed by atoms with Crippen LogP contribution in [0.2, 0.25) is 0 Å². The average Bonchev–Trinajstić information content (AvgIpc) is 2.97. The number of aryl methyl sites for hydroxylation is 1. The number of sulfone groups is 1. The Morgan fingerprint density at radius 3 is 2.54 bits per heavy atom. The largest absolute Gasteiger partial charge is 0.481 e. The van der Waals surface area contributed by atoms with Gasteiger partial charge in [-0.25, -0.2) is 13.4 Å². The van der Waals surface area contributed by atoms with Gasteiger partial charge < -0.3 is 4.74 Å². The minimum Gasteiger partial charge on any atom is -0.481 e. The van der Waals surface area contributed by atoms with Crippen molar-refractivity contribution in [1.29, 1.82) is 0 Å². The summed E-state index contributed by atoms with van der Waals surface area (Å²) in [6.07, 6.45) is 0.457. The van der Waals surface area contributed by atoms with Crippen LogP contribution in [-0.2, 0) is 14.6 Å². The van der Waals surface area contributed by atoms with E-state index in [0.717, 1.165) is 11.8 Å². The summed E-state index contributed by atoms with van der Waals surface area (Å²) in [6.45, 7) is 3.63. The Morgan fingerprint density at radius 1 is 1.19 bits per heavy atom. The fourth-order valence-electron chi connectivity index (χ4n) is 2.27. The van der Waals surface area contributed by atoms with Crippen molar-refractivity contribution in [1.82, 2.24) is 4.98 Å². The lowest BCUT2D eigenvalue weighted by Crippen LogP contribution is -2.30. The quantitative estimate of drug-likeness (QED) is 0.721. The highest BCUT2D eigenvalue weighted by molar-refractivity contribution is 7.90. The molecule has 1 atom stereocenters. The molecule has 1 aromatic heterocycles. The average molecular weight is 390 g/mol. The molecule has 2 aromatic carbocycles. The van der Waals surface area contributed by atoms with Crippen LogP contribution < -0.4 is 10.1 Å². The van der Waals surface area contributed by atoms with Gasteiger partial charge in [0.1, 0.15) is 5.75 Å². The molecule has 136 valence electrons. The first kappa shape index (κ1) is 18.3. The van der Waals surface area contributed by atoms with Crippen LogP contribution >= 0.6 is 11.3 Å². The Labute approximate surface area is 155 Å². The van der Waals surface area contributed by atoms with Gasteiger partial charge in [-0.15, -0.1) is 0 Å². The summed E-state index contributed by atoms with van der Waals surface area (Å²) < 4.78 is 29.6. The zero-order chi connectivity index (χ0) is 18.9. The van der Waals surface area contributed by atoms with Gasteiger partial charge in [0.2, 0.25) is 0 Å². The number of benzene rings is 2. The summed E-state index contributed by atoms with van der Waals surface area (Å²) in [5.41, 5.74) is 1.74. The minimum absolute atomic E-state index is 0.225. The van der Waals surface area contributed by atoms with Crippen molar-refractivity contribution in [2.75, 3.05) is 11.6 Å². The van der Waals surface area contributed by atoms with E-state index in [1.807, 2.05) is 31.2 Å². The molecule has 8 heteroatoms. The van der Waals surface area contributed by atoms with Crippen LogP contribution in [0.25, 0.3) is 10.2 Å². The van der Waals surface area contributed by atoms with Gasteiger partial charge in [-0.1, -0.05) is 29.0 Å². The zero-order valence-electron chi connectivity index (χ0n) is 14.5. The van der Waals surface area contributed by atoms with Crippen LogP contribution in [0.5, 0.6) is 5.75 Å². The molecule has 0 saturated heterocycles. The molecule has 0 fully saturated rings. The summed E-state index contributed by atoms with van der Waals surface area (Å²) in [6, 6.07) is 12.1. The van der Waals surface area contributed by atoms with E-state index in [9.17, 15) is 13.2 Å². The Balaban J connectivity index is 1.73. The number of carbonyl (C=O) groups excluding carboxylic acids is 1. The number of anilines is 1. The topological polar surface area (TPSA) is 85.4 Å². The first-order valence-corrected chi connectivity index (χ1v) is 10.6. The molecule has 3 rings (SSSR count). The summed E-state index contributed by atoms with van der Waals surface area (Å²) in [5, 5.41) is 3.11. The molecular formula is C18H18N2O4S2. The summed E-state index contributed by atoms with van der Waals surface area (Å²) in [4.78, 5) is 16.9. The smallest absolute Gasteiger partial charge is 0.266 e. The van der Waals surface area contributed by atoms with E-state index in [0.29, 0.717) is 21.1 Å². The first-order valence-electron chi connectivity index (χ1n) is 7.87. The molecule has 26 heavy (non-hydrogen) atoms. The molecule has 1 N–H and O–H groups in total. The molecule has 3 aromatic rings. The molecule has 1 heterocycles. The third-order valence-electron chi connectivity index (χ3n) is 3.72. The van der Waals surface area contributed by atoms with Crippen molar-refractivity contribution in [3.8, 4) is 5.75 Å². The Bertz CT molecular complexity index is 1060. The molecule has 0 aliphatic rings. The maximum Gasteiger partial charge on any atom is 0.266 e. The molecule has 0 aliphatic carbocycles. The van der Waals surface area contributed by atoms with Gasteiger partial charge in [-0.3, -0.25) is 10.1 Å². The monoisotopic (exact) mass is 390 g/mol.